The van der Waals surface area contributed by atoms with Crippen LogP contribution in [0.15, 0.2) is 40.9 Å². The van der Waals surface area contributed by atoms with Crippen LogP contribution in [0.3, 0.4) is 0 Å². The van der Waals surface area contributed by atoms with Gasteiger partial charge in [0.1, 0.15) is 11.5 Å². The highest BCUT2D eigenvalue weighted by Crippen LogP contribution is 2.33. The van der Waals surface area contributed by atoms with Gasteiger partial charge >= 0.3 is 0 Å². The molecule has 134 valence electrons. The average molecular weight is 405 g/mol. The van der Waals surface area contributed by atoms with Crippen LogP contribution in [0.5, 0.6) is 11.5 Å². The summed E-state index contributed by atoms with van der Waals surface area (Å²) >= 11 is 3.58. The maximum Gasteiger partial charge on any atom is 0.136 e. The molecule has 0 aliphatic carbocycles. The SMILES string of the molecule is COc1cc(OC)c(CN2CCN(c3ccccc3C)CC2)cc1Br. The second-order valence-electron chi connectivity index (χ2n) is 6.35. The van der Waals surface area contributed by atoms with Crippen molar-refractivity contribution in [3.8, 4) is 11.5 Å². The maximum absolute atomic E-state index is 5.55. The van der Waals surface area contributed by atoms with Crippen LogP contribution in [0.4, 0.5) is 5.69 Å². The van der Waals surface area contributed by atoms with Crippen LogP contribution in [0.25, 0.3) is 0 Å². The molecule has 0 atom stereocenters. The Labute approximate surface area is 158 Å². The molecule has 0 saturated carbocycles. The number of hydrogen-bond acceptors (Lipinski definition) is 4. The fourth-order valence-corrected chi connectivity index (χ4v) is 3.90. The molecule has 0 N–H and O–H groups in total. The van der Waals surface area contributed by atoms with Crippen molar-refractivity contribution in [3.05, 3.63) is 52.0 Å². The minimum atomic E-state index is 0.796. The highest BCUT2D eigenvalue weighted by atomic mass is 79.9. The molecule has 0 unspecified atom stereocenters. The number of methoxy groups -OCH3 is 2. The lowest BCUT2D eigenvalue weighted by Gasteiger charge is -2.37. The summed E-state index contributed by atoms with van der Waals surface area (Å²) in [5.41, 5.74) is 3.88. The molecule has 0 aromatic heterocycles. The number of para-hydroxylation sites is 1. The highest BCUT2D eigenvalue weighted by molar-refractivity contribution is 9.10. The van der Waals surface area contributed by atoms with Crippen LogP contribution in [0.1, 0.15) is 11.1 Å². The quantitative estimate of drug-likeness (QED) is 0.748. The largest absolute Gasteiger partial charge is 0.496 e. The number of nitrogens with zero attached hydrogens (tertiary/aromatic N) is 2. The smallest absolute Gasteiger partial charge is 0.136 e. The molecule has 1 aliphatic rings. The molecule has 4 nitrogen and oxygen atoms in total. The van der Waals surface area contributed by atoms with Gasteiger partial charge in [-0.25, -0.2) is 0 Å². The lowest BCUT2D eigenvalue weighted by molar-refractivity contribution is 0.245. The lowest BCUT2D eigenvalue weighted by atomic mass is 10.1. The molecule has 5 heteroatoms. The van der Waals surface area contributed by atoms with E-state index in [9.17, 15) is 0 Å². The van der Waals surface area contributed by atoms with E-state index >= 15 is 0 Å². The molecule has 1 saturated heterocycles. The Bertz CT molecular complexity index is 728. The topological polar surface area (TPSA) is 24.9 Å². The Morgan fingerprint density at radius 3 is 2.28 bits per heavy atom. The molecule has 2 aromatic carbocycles. The van der Waals surface area contributed by atoms with Gasteiger partial charge in [0, 0.05) is 50.0 Å². The summed E-state index contributed by atoms with van der Waals surface area (Å²) < 4.78 is 11.9. The van der Waals surface area contributed by atoms with Gasteiger partial charge in [-0.2, -0.15) is 0 Å². The Morgan fingerprint density at radius 2 is 1.64 bits per heavy atom. The summed E-state index contributed by atoms with van der Waals surface area (Å²) in [5, 5.41) is 0. The van der Waals surface area contributed by atoms with E-state index in [2.05, 4.69) is 63.0 Å². The first-order valence-corrected chi connectivity index (χ1v) is 9.35. The fourth-order valence-electron chi connectivity index (χ4n) is 3.35. The van der Waals surface area contributed by atoms with E-state index in [0.29, 0.717) is 0 Å². The van der Waals surface area contributed by atoms with E-state index in [-0.39, 0.29) is 0 Å². The van der Waals surface area contributed by atoms with Crippen molar-refractivity contribution in [1.29, 1.82) is 0 Å². The number of benzene rings is 2. The van der Waals surface area contributed by atoms with E-state index in [4.69, 9.17) is 9.47 Å². The first-order valence-electron chi connectivity index (χ1n) is 8.55. The van der Waals surface area contributed by atoms with Crippen molar-refractivity contribution in [2.75, 3.05) is 45.3 Å². The molecule has 1 aliphatic heterocycles. The van der Waals surface area contributed by atoms with Gasteiger partial charge < -0.3 is 14.4 Å². The number of rotatable bonds is 5. The number of anilines is 1. The van der Waals surface area contributed by atoms with Crippen molar-refractivity contribution in [3.63, 3.8) is 0 Å². The van der Waals surface area contributed by atoms with Gasteiger partial charge in [0.25, 0.3) is 0 Å². The second kappa shape index (κ2) is 8.11. The first-order chi connectivity index (χ1) is 12.1. The predicted molar refractivity (Wildman–Crippen MR) is 106 cm³/mol. The molecule has 0 spiro atoms. The number of ether oxygens (including phenoxy) is 2. The van der Waals surface area contributed by atoms with Crippen molar-refractivity contribution in [1.82, 2.24) is 4.90 Å². The van der Waals surface area contributed by atoms with E-state index in [1.165, 1.54) is 16.8 Å². The third kappa shape index (κ3) is 4.10. The summed E-state index contributed by atoms with van der Waals surface area (Å²) in [4.78, 5) is 4.96. The number of piperazine rings is 1. The van der Waals surface area contributed by atoms with Crippen LogP contribution in [-0.2, 0) is 6.54 Å². The zero-order valence-corrected chi connectivity index (χ0v) is 16.7. The molecular weight excluding hydrogens is 380 g/mol. The molecular formula is C20H25BrN2O2. The Morgan fingerprint density at radius 1 is 0.960 bits per heavy atom. The van der Waals surface area contributed by atoms with Gasteiger partial charge in [-0.05, 0) is 40.5 Å². The summed E-state index contributed by atoms with van der Waals surface area (Å²) in [6.45, 7) is 7.24. The van der Waals surface area contributed by atoms with Gasteiger partial charge in [0.15, 0.2) is 0 Å². The lowest BCUT2D eigenvalue weighted by Crippen LogP contribution is -2.46. The van der Waals surface area contributed by atoms with Crippen molar-refractivity contribution >= 4 is 21.6 Å². The molecule has 0 radical (unpaired) electrons. The molecule has 2 aromatic rings. The van der Waals surface area contributed by atoms with Gasteiger partial charge in [0.05, 0.1) is 18.7 Å². The van der Waals surface area contributed by atoms with E-state index in [1.807, 2.05) is 6.07 Å². The average Bonchev–Trinajstić information content (AvgIpc) is 2.63. The molecule has 0 bridgehead atoms. The van der Waals surface area contributed by atoms with Gasteiger partial charge in [-0.1, -0.05) is 18.2 Å². The van der Waals surface area contributed by atoms with Crippen molar-refractivity contribution in [2.45, 2.75) is 13.5 Å². The minimum Gasteiger partial charge on any atom is -0.496 e. The van der Waals surface area contributed by atoms with Crippen molar-refractivity contribution < 1.29 is 9.47 Å². The van der Waals surface area contributed by atoms with Gasteiger partial charge in [0.2, 0.25) is 0 Å². The Balaban J connectivity index is 1.66. The molecule has 1 heterocycles. The summed E-state index contributed by atoms with van der Waals surface area (Å²) in [6.07, 6.45) is 0. The Hall–Kier alpha value is -1.72. The normalized spacial score (nSPS) is 15.3. The first kappa shape index (κ1) is 18.1. The standard InChI is InChI=1S/C20H25BrN2O2/c1-15-6-4-5-7-18(15)23-10-8-22(9-11-23)14-16-12-17(21)20(25-3)13-19(16)24-2/h4-7,12-13H,8-11,14H2,1-3H3. The van der Waals surface area contributed by atoms with E-state index in [0.717, 1.165) is 48.7 Å². The molecule has 25 heavy (non-hydrogen) atoms. The monoisotopic (exact) mass is 404 g/mol. The molecule has 3 rings (SSSR count). The highest BCUT2D eigenvalue weighted by Gasteiger charge is 2.20. The number of halogens is 1. The van der Waals surface area contributed by atoms with Crippen LogP contribution < -0.4 is 14.4 Å². The van der Waals surface area contributed by atoms with Crippen LogP contribution in [0, 0.1) is 6.92 Å². The number of aryl methyl sites for hydroxylation is 1. The summed E-state index contributed by atoms with van der Waals surface area (Å²) in [7, 11) is 3.38. The minimum absolute atomic E-state index is 0.796. The maximum atomic E-state index is 5.55. The Kier molecular flexibility index (Phi) is 5.86. The molecule has 1 fully saturated rings. The molecule has 0 amide bonds. The van der Waals surface area contributed by atoms with Gasteiger partial charge in [-0.15, -0.1) is 0 Å². The van der Waals surface area contributed by atoms with Crippen LogP contribution >= 0.6 is 15.9 Å². The second-order valence-corrected chi connectivity index (χ2v) is 7.20. The van der Waals surface area contributed by atoms with E-state index < -0.39 is 0 Å². The van der Waals surface area contributed by atoms with Gasteiger partial charge in [-0.3, -0.25) is 4.90 Å². The predicted octanol–water partition coefficient (Wildman–Crippen LogP) is 4.10. The third-order valence-corrected chi connectivity index (χ3v) is 5.40. The zero-order chi connectivity index (χ0) is 17.8. The summed E-state index contributed by atoms with van der Waals surface area (Å²) in [6, 6.07) is 12.7. The van der Waals surface area contributed by atoms with E-state index in [1.54, 1.807) is 14.2 Å². The van der Waals surface area contributed by atoms with Crippen LogP contribution in [0.2, 0.25) is 0 Å². The summed E-state index contributed by atoms with van der Waals surface area (Å²) in [5.74, 6) is 1.67. The fraction of sp³-hybridized carbons (Fsp3) is 0.400. The zero-order valence-electron chi connectivity index (χ0n) is 15.1. The van der Waals surface area contributed by atoms with Crippen molar-refractivity contribution in [2.24, 2.45) is 0 Å². The van der Waals surface area contributed by atoms with Crippen LogP contribution in [-0.4, -0.2) is 45.3 Å². The number of hydrogen-bond donors (Lipinski definition) is 0. The third-order valence-electron chi connectivity index (χ3n) is 4.78.